The Morgan fingerprint density at radius 3 is 2.84 bits per heavy atom. The van der Waals surface area contributed by atoms with E-state index >= 15 is 0 Å². The lowest BCUT2D eigenvalue weighted by Gasteiger charge is -2.14. The van der Waals surface area contributed by atoms with Crippen molar-refractivity contribution in [3.8, 4) is 0 Å². The van der Waals surface area contributed by atoms with Crippen LogP contribution in [0.3, 0.4) is 0 Å². The normalized spacial score (nSPS) is 12.7. The van der Waals surface area contributed by atoms with Crippen LogP contribution >= 0.6 is 11.3 Å². The molecule has 0 saturated carbocycles. The van der Waals surface area contributed by atoms with Gasteiger partial charge in [-0.05, 0) is 35.7 Å². The molecule has 2 nitrogen and oxygen atoms in total. The zero-order valence-electron chi connectivity index (χ0n) is 11.5. The van der Waals surface area contributed by atoms with Crippen molar-refractivity contribution >= 4 is 27.2 Å². The van der Waals surface area contributed by atoms with Gasteiger partial charge in [-0.1, -0.05) is 31.5 Å². The van der Waals surface area contributed by atoms with Gasteiger partial charge in [0.05, 0.1) is 0 Å². The molecule has 0 spiro atoms. The minimum absolute atomic E-state index is 0.201. The highest BCUT2D eigenvalue weighted by Crippen LogP contribution is 2.26. The Hall–Kier alpha value is -1.19. The Labute approximate surface area is 118 Å². The maximum atomic E-state index is 12.3. The van der Waals surface area contributed by atoms with Crippen LogP contribution in [0.15, 0.2) is 29.6 Å². The standard InChI is InChI=1S/C16H20O2S/c1-3-7-15(18-4-2)14(17)10-12-11-19-16-9-6-5-8-13(12)16/h5-6,8-9,11,15H,3-4,7,10H2,1-2H3. The van der Waals surface area contributed by atoms with E-state index in [4.69, 9.17) is 4.74 Å². The summed E-state index contributed by atoms with van der Waals surface area (Å²) in [6.07, 6.45) is 2.03. The molecular formula is C16H20O2S. The van der Waals surface area contributed by atoms with Crippen molar-refractivity contribution in [3.05, 3.63) is 35.2 Å². The van der Waals surface area contributed by atoms with Crippen LogP contribution in [0, 0.1) is 0 Å². The molecule has 1 heterocycles. The highest BCUT2D eigenvalue weighted by atomic mass is 32.1. The average Bonchev–Trinajstić information content (AvgIpc) is 2.82. The SMILES string of the molecule is CCCC(OCC)C(=O)Cc1csc2ccccc12. The highest BCUT2D eigenvalue weighted by Gasteiger charge is 2.19. The number of ether oxygens (including phenoxy) is 1. The predicted molar refractivity (Wildman–Crippen MR) is 80.9 cm³/mol. The summed E-state index contributed by atoms with van der Waals surface area (Å²) in [5, 5.41) is 3.30. The molecule has 1 aromatic heterocycles. The van der Waals surface area contributed by atoms with Crippen LogP contribution in [-0.4, -0.2) is 18.5 Å². The molecular weight excluding hydrogens is 256 g/mol. The summed E-state index contributed by atoms with van der Waals surface area (Å²) in [5.41, 5.74) is 1.13. The van der Waals surface area contributed by atoms with E-state index in [1.54, 1.807) is 11.3 Å². The molecule has 0 saturated heterocycles. The Kier molecular flexibility index (Phi) is 5.11. The topological polar surface area (TPSA) is 26.3 Å². The lowest BCUT2D eigenvalue weighted by Crippen LogP contribution is -2.25. The molecule has 0 aliphatic rings. The number of hydrogen-bond acceptors (Lipinski definition) is 3. The van der Waals surface area contributed by atoms with Gasteiger partial charge in [-0.25, -0.2) is 0 Å². The summed E-state index contributed by atoms with van der Waals surface area (Å²) in [6, 6.07) is 8.24. The molecule has 0 amide bonds. The van der Waals surface area contributed by atoms with Crippen molar-refractivity contribution < 1.29 is 9.53 Å². The first-order valence-electron chi connectivity index (χ1n) is 6.85. The zero-order valence-corrected chi connectivity index (χ0v) is 12.3. The molecule has 1 atom stereocenters. The molecule has 19 heavy (non-hydrogen) atoms. The van der Waals surface area contributed by atoms with Gasteiger partial charge in [-0.2, -0.15) is 0 Å². The van der Waals surface area contributed by atoms with E-state index in [0.717, 1.165) is 18.4 Å². The molecule has 0 aliphatic carbocycles. The van der Waals surface area contributed by atoms with Crippen LogP contribution in [0.4, 0.5) is 0 Å². The van der Waals surface area contributed by atoms with Gasteiger partial charge in [0, 0.05) is 17.7 Å². The number of benzene rings is 1. The summed E-state index contributed by atoms with van der Waals surface area (Å²) in [6.45, 7) is 4.62. The number of rotatable bonds is 7. The van der Waals surface area contributed by atoms with Gasteiger partial charge < -0.3 is 4.74 Å². The molecule has 0 N–H and O–H groups in total. The van der Waals surface area contributed by atoms with E-state index in [1.807, 2.05) is 19.1 Å². The van der Waals surface area contributed by atoms with E-state index in [2.05, 4.69) is 24.4 Å². The molecule has 0 fully saturated rings. The fraction of sp³-hybridized carbons (Fsp3) is 0.438. The van der Waals surface area contributed by atoms with E-state index in [0.29, 0.717) is 13.0 Å². The number of carbonyl (C=O) groups excluding carboxylic acids is 1. The van der Waals surface area contributed by atoms with E-state index < -0.39 is 0 Å². The zero-order chi connectivity index (χ0) is 13.7. The number of thiophene rings is 1. The summed E-state index contributed by atoms with van der Waals surface area (Å²) in [4.78, 5) is 12.3. The maximum Gasteiger partial charge on any atom is 0.165 e. The highest BCUT2D eigenvalue weighted by molar-refractivity contribution is 7.17. The van der Waals surface area contributed by atoms with Crippen molar-refractivity contribution in [1.29, 1.82) is 0 Å². The van der Waals surface area contributed by atoms with Gasteiger partial charge in [-0.15, -0.1) is 11.3 Å². The average molecular weight is 276 g/mol. The molecule has 0 bridgehead atoms. The van der Waals surface area contributed by atoms with Crippen molar-refractivity contribution in [2.24, 2.45) is 0 Å². The van der Waals surface area contributed by atoms with E-state index in [9.17, 15) is 4.79 Å². The number of ketones is 1. The number of fused-ring (bicyclic) bond motifs is 1. The molecule has 102 valence electrons. The molecule has 2 aromatic rings. The molecule has 1 unspecified atom stereocenters. The van der Waals surface area contributed by atoms with Gasteiger partial charge in [0.25, 0.3) is 0 Å². The quantitative estimate of drug-likeness (QED) is 0.757. The summed E-state index contributed by atoms with van der Waals surface area (Å²) in [5.74, 6) is 0.201. The minimum Gasteiger partial charge on any atom is -0.371 e. The van der Waals surface area contributed by atoms with Crippen LogP contribution in [0.2, 0.25) is 0 Å². The van der Waals surface area contributed by atoms with Crippen LogP contribution in [0.1, 0.15) is 32.3 Å². The second-order valence-electron chi connectivity index (χ2n) is 4.63. The van der Waals surface area contributed by atoms with Gasteiger partial charge in [-0.3, -0.25) is 4.79 Å². The second kappa shape index (κ2) is 6.83. The van der Waals surface area contributed by atoms with Crippen molar-refractivity contribution in [1.82, 2.24) is 0 Å². The van der Waals surface area contributed by atoms with Crippen LogP contribution in [0.5, 0.6) is 0 Å². The molecule has 2 rings (SSSR count). The first kappa shape index (κ1) is 14.2. The smallest absolute Gasteiger partial charge is 0.165 e. The van der Waals surface area contributed by atoms with E-state index in [1.165, 1.54) is 10.1 Å². The Bertz CT molecular complexity index is 538. The first-order chi connectivity index (χ1) is 9.26. The Morgan fingerprint density at radius 1 is 1.32 bits per heavy atom. The third kappa shape index (κ3) is 3.43. The van der Waals surface area contributed by atoms with Crippen molar-refractivity contribution in [2.45, 2.75) is 39.2 Å². The molecule has 0 aliphatic heterocycles. The van der Waals surface area contributed by atoms with Crippen LogP contribution in [-0.2, 0) is 16.0 Å². The Balaban J connectivity index is 2.13. The number of hydrogen-bond donors (Lipinski definition) is 0. The minimum atomic E-state index is -0.242. The fourth-order valence-corrected chi connectivity index (χ4v) is 3.23. The fourth-order valence-electron chi connectivity index (χ4n) is 2.27. The third-order valence-electron chi connectivity index (χ3n) is 3.20. The third-order valence-corrected chi connectivity index (χ3v) is 4.22. The molecule has 0 radical (unpaired) electrons. The van der Waals surface area contributed by atoms with Crippen molar-refractivity contribution in [3.63, 3.8) is 0 Å². The predicted octanol–water partition coefficient (Wildman–Crippen LogP) is 4.22. The summed E-state index contributed by atoms with van der Waals surface area (Å²) >= 11 is 1.70. The monoisotopic (exact) mass is 276 g/mol. The number of carbonyl (C=O) groups is 1. The summed E-state index contributed by atoms with van der Waals surface area (Å²) in [7, 11) is 0. The van der Waals surface area contributed by atoms with Gasteiger partial charge >= 0.3 is 0 Å². The first-order valence-corrected chi connectivity index (χ1v) is 7.73. The van der Waals surface area contributed by atoms with Crippen molar-refractivity contribution in [2.75, 3.05) is 6.61 Å². The Morgan fingerprint density at radius 2 is 2.11 bits per heavy atom. The van der Waals surface area contributed by atoms with Gasteiger partial charge in [0.2, 0.25) is 0 Å². The maximum absolute atomic E-state index is 12.3. The van der Waals surface area contributed by atoms with E-state index in [-0.39, 0.29) is 11.9 Å². The van der Waals surface area contributed by atoms with Crippen LogP contribution in [0.25, 0.3) is 10.1 Å². The molecule has 3 heteroatoms. The lowest BCUT2D eigenvalue weighted by atomic mass is 10.0. The van der Waals surface area contributed by atoms with Gasteiger partial charge in [0.15, 0.2) is 5.78 Å². The largest absolute Gasteiger partial charge is 0.371 e. The lowest BCUT2D eigenvalue weighted by molar-refractivity contribution is -0.130. The summed E-state index contributed by atoms with van der Waals surface area (Å²) < 4.78 is 6.80. The van der Waals surface area contributed by atoms with Crippen LogP contribution < -0.4 is 0 Å². The number of Topliss-reactive ketones (excluding diaryl/α,β-unsaturated/α-hetero) is 1. The van der Waals surface area contributed by atoms with Gasteiger partial charge in [0.1, 0.15) is 6.10 Å². The second-order valence-corrected chi connectivity index (χ2v) is 5.54. The molecule has 1 aromatic carbocycles.